The normalized spacial score (nSPS) is 11.8. The number of aromatic hydroxyl groups is 1. The second kappa shape index (κ2) is 8.47. The fraction of sp³-hybridized carbons (Fsp3) is 0.176. The minimum atomic E-state index is -0.858. The summed E-state index contributed by atoms with van der Waals surface area (Å²) in [6.07, 6.45) is 0.529. The molecule has 0 bridgehead atoms. The standard InChI is InChI=1S/C17H17N3O6/c1-11(26-14-6-4-13(5-7-14)20(23)24)17(22)19-18-10-12-3-8-15(21)16(9-12)25-2/h3-11,21H,1-2H3,(H,19,22). The highest BCUT2D eigenvalue weighted by atomic mass is 16.6. The number of carbonyl (C=O) groups excluding carboxylic acids is 1. The SMILES string of the molecule is COc1cc(C=NNC(=O)C(C)Oc2ccc([N+](=O)[O-])cc2)ccc1O. The van der Waals surface area contributed by atoms with Crippen molar-refractivity contribution in [3.8, 4) is 17.2 Å². The van der Waals surface area contributed by atoms with Gasteiger partial charge in [-0.2, -0.15) is 5.10 Å². The van der Waals surface area contributed by atoms with Crippen LogP contribution < -0.4 is 14.9 Å². The van der Waals surface area contributed by atoms with Crippen LogP contribution in [0.1, 0.15) is 12.5 Å². The summed E-state index contributed by atoms with van der Waals surface area (Å²) in [5.41, 5.74) is 2.88. The van der Waals surface area contributed by atoms with Gasteiger partial charge in [0.2, 0.25) is 0 Å². The Morgan fingerprint density at radius 1 is 1.31 bits per heavy atom. The summed E-state index contributed by atoms with van der Waals surface area (Å²) in [6.45, 7) is 1.52. The molecule has 136 valence electrons. The Hall–Kier alpha value is -3.62. The van der Waals surface area contributed by atoms with Crippen LogP contribution in [-0.4, -0.2) is 35.4 Å². The number of nitro benzene ring substituents is 1. The number of benzene rings is 2. The third kappa shape index (κ3) is 4.94. The first-order valence-corrected chi connectivity index (χ1v) is 7.51. The van der Waals surface area contributed by atoms with E-state index in [0.29, 0.717) is 11.3 Å². The molecule has 1 unspecified atom stereocenters. The van der Waals surface area contributed by atoms with E-state index in [9.17, 15) is 20.0 Å². The van der Waals surface area contributed by atoms with Gasteiger partial charge in [0.05, 0.1) is 18.2 Å². The molecule has 2 aromatic carbocycles. The molecule has 0 aliphatic heterocycles. The maximum absolute atomic E-state index is 12.0. The molecule has 0 aliphatic carbocycles. The van der Waals surface area contributed by atoms with E-state index in [1.807, 2.05) is 0 Å². The lowest BCUT2D eigenvalue weighted by Crippen LogP contribution is -2.33. The van der Waals surface area contributed by atoms with Crippen molar-refractivity contribution in [2.24, 2.45) is 5.10 Å². The molecule has 0 saturated carbocycles. The van der Waals surface area contributed by atoms with Gasteiger partial charge in [-0.1, -0.05) is 0 Å². The second-order valence-corrected chi connectivity index (χ2v) is 5.18. The van der Waals surface area contributed by atoms with Gasteiger partial charge in [-0.3, -0.25) is 14.9 Å². The smallest absolute Gasteiger partial charge is 0.280 e. The topological polar surface area (TPSA) is 123 Å². The summed E-state index contributed by atoms with van der Waals surface area (Å²) in [5, 5.41) is 23.9. The van der Waals surface area contributed by atoms with Crippen LogP contribution in [0.3, 0.4) is 0 Å². The molecule has 2 N–H and O–H groups in total. The number of amides is 1. The number of nitrogens with one attached hydrogen (secondary N) is 1. The molecule has 2 aromatic rings. The first-order valence-electron chi connectivity index (χ1n) is 7.51. The zero-order chi connectivity index (χ0) is 19.1. The Kier molecular flexibility index (Phi) is 6.10. The minimum absolute atomic E-state index is 0.00111. The molecule has 0 aliphatic rings. The molecule has 9 nitrogen and oxygen atoms in total. The van der Waals surface area contributed by atoms with Gasteiger partial charge in [0.1, 0.15) is 5.75 Å². The van der Waals surface area contributed by atoms with Crippen molar-refractivity contribution < 1.29 is 24.3 Å². The van der Waals surface area contributed by atoms with Crippen molar-refractivity contribution in [1.82, 2.24) is 5.43 Å². The third-order valence-electron chi connectivity index (χ3n) is 3.32. The number of phenolic OH excluding ortho intramolecular Hbond substituents is 1. The Labute approximate surface area is 149 Å². The van der Waals surface area contributed by atoms with Crippen LogP contribution in [0.2, 0.25) is 0 Å². The molecule has 0 spiro atoms. The molecule has 26 heavy (non-hydrogen) atoms. The molecule has 0 saturated heterocycles. The molecule has 0 aromatic heterocycles. The van der Waals surface area contributed by atoms with Gasteiger partial charge in [0, 0.05) is 12.1 Å². The predicted molar refractivity (Wildman–Crippen MR) is 93.6 cm³/mol. The largest absolute Gasteiger partial charge is 0.504 e. The van der Waals surface area contributed by atoms with E-state index in [1.54, 1.807) is 12.1 Å². The van der Waals surface area contributed by atoms with Gasteiger partial charge >= 0.3 is 0 Å². The second-order valence-electron chi connectivity index (χ2n) is 5.18. The highest BCUT2D eigenvalue weighted by molar-refractivity contribution is 5.84. The summed E-state index contributed by atoms with van der Waals surface area (Å²) >= 11 is 0. The Balaban J connectivity index is 1.91. The quantitative estimate of drug-likeness (QED) is 0.444. The van der Waals surface area contributed by atoms with Crippen molar-refractivity contribution in [3.63, 3.8) is 0 Å². The Morgan fingerprint density at radius 2 is 2.00 bits per heavy atom. The van der Waals surface area contributed by atoms with Crippen LogP contribution >= 0.6 is 0 Å². The summed E-state index contributed by atoms with van der Waals surface area (Å²) in [4.78, 5) is 22.0. The van der Waals surface area contributed by atoms with E-state index < -0.39 is 16.9 Å². The van der Waals surface area contributed by atoms with Crippen molar-refractivity contribution in [2.45, 2.75) is 13.0 Å². The molecular weight excluding hydrogens is 342 g/mol. The monoisotopic (exact) mass is 359 g/mol. The Bertz CT molecular complexity index is 820. The molecule has 1 atom stereocenters. The molecular formula is C17H17N3O6. The van der Waals surface area contributed by atoms with Gasteiger partial charge in [0.15, 0.2) is 17.6 Å². The lowest BCUT2D eigenvalue weighted by molar-refractivity contribution is -0.384. The van der Waals surface area contributed by atoms with E-state index >= 15 is 0 Å². The molecule has 0 fully saturated rings. The lowest BCUT2D eigenvalue weighted by Gasteiger charge is -2.12. The zero-order valence-corrected chi connectivity index (χ0v) is 14.1. The summed E-state index contributed by atoms with van der Waals surface area (Å²) in [6, 6.07) is 10.0. The first kappa shape index (κ1) is 18.7. The maximum Gasteiger partial charge on any atom is 0.280 e. The number of rotatable bonds is 7. The summed E-state index contributed by atoms with van der Waals surface area (Å²) in [7, 11) is 1.43. The highest BCUT2D eigenvalue weighted by Crippen LogP contribution is 2.25. The first-order chi connectivity index (χ1) is 12.4. The fourth-order valence-corrected chi connectivity index (χ4v) is 1.94. The molecule has 0 radical (unpaired) electrons. The maximum atomic E-state index is 12.0. The van der Waals surface area contributed by atoms with Crippen LogP contribution in [0.15, 0.2) is 47.6 Å². The number of nitrogens with zero attached hydrogens (tertiary/aromatic N) is 2. The van der Waals surface area contributed by atoms with E-state index in [0.717, 1.165) is 0 Å². The number of phenols is 1. The van der Waals surface area contributed by atoms with Crippen LogP contribution in [0, 0.1) is 10.1 Å². The molecule has 9 heteroatoms. The van der Waals surface area contributed by atoms with Gasteiger partial charge in [-0.15, -0.1) is 0 Å². The van der Waals surface area contributed by atoms with E-state index in [-0.39, 0.29) is 17.2 Å². The minimum Gasteiger partial charge on any atom is -0.504 e. The predicted octanol–water partition coefficient (Wildman–Crippen LogP) is 2.23. The van der Waals surface area contributed by atoms with Gasteiger partial charge in [-0.25, -0.2) is 5.43 Å². The van der Waals surface area contributed by atoms with Gasteiger partial charge < -0.3 is 14.6 Å². The van der Waals surface area contributed by atoms with Gasteiger partial charge in [-0.05, 0) is 42.8 Å². The number of hydrogen-bond acceptors (Lipinski definition) is 7. The average Bonchev–Trinajstić information content (AvgIpc) is 2.63. The number of hydrogen-bond donors (Lipinski definition) is 2. The lowest BCUT2D eigenvalue weighted by atomic mass is 10.2. The number of methoxy groups -OCH3 is 1. The fourth-order valence-electron chi connectivity index (χ4n) is 1.94. The Morgan fingerprint density at radius 3 is 2.62 bits per heavy atom. The van der Waals surface area contributed by atoms with Crippen LogP contribution in [0.5, 0.6) is 17.2 Å². The van der Waals surface area contributed by atoms with Crippen molar-refractivity contribution in [3.05, 3.63) is 58.1 Å². The van der Waals surface area contributed by atoms with E-state index in [4.69, 9.17) is 9.47 Å². The molecule has 1 amide bonds. The highest BCUT2D eigenvalue weighted by Gasteiger charge is 2.14. The summed E-state index contributed by atoms with van der Waals surface area (Å²) in [5.74, 6) is 0.116. The average molecular weight is 359 g/mol. The van der Waals surface area contributed by atoms with E-state index in [2.05, 4.69) is 10.5 Å². The van der Waals surface area contributed by atoms with Crippen molar-refractivity contribution in [1.29, 1.82) is 0 Å². The number of ether oxygens (including phenoxy) is 2. The summed E-state index contributed by atoms with van der Waals surface area (Å²) < 4.78 is 10.4. The number of non-ortho nitro benzene ring substituents is 1. The number of nitro groups is 1. The van der Waals surface area contributed by atoms with E-state index in [1.165, 1.54) is 50.6 Å². The van der Waals surface area contributed by atoms with Crippen LogP contribution in [0.4, 0.5) is 5.69 Å². The van der Waals surface area contributed by atoms with Crippen LogP contribution in [-0.2, 0) is 4.79 Å². The molecule has 0 heterocycles. The van der Waals surface area contributed by atoms with Crippen molar-refractivity contribution >= 4 is 17.8 Å². The van der Waals surface area contributed by atoms with Crippen LogP contribution in [0.25, 0.3) is 0 Å². The van der Waals surface area contributed by atoms with Gasteiger partial charge in [0.25, 0.3) is 11.6 Å². The third-order valence-corrected chi connectivity index (χ3v) is 3.32. The number of carbonyl (C=O) groups is 1. The number of hydrazone groups is 1. The zero-order valence-electron chi connectivity index (χ0n) is 14.1. The van der Waals surface area contributed by atoms with Crippen molar-refractivity contribution in [2.75, 3.05) is 7.11 Å². The molecule has 2 rings (SSSR count).